The summed E-state index contributed by atoms with van der Waals surface area (Å²) in [5, 5.41) is 1.02. The van der Waals surface area contributed by atoms with Crippen LogP contribution in [0.3, 0.4) is 0 Å². The highest BCUT2D eigenvalue weighted by atomic mass is 15.4. The molecule has 7 rings (SSSR count). The number of aryl methyl sites for hydroxylation is 1. The van der Waals surface area contributed by atoms with Gasteiger partial charge >= 0.3 is 0 Å². The summed E-state index contributed by atoms with van der Waals surface area (Å²) in [5.41, 5.74) is 5.04. The van der Waals surface area contributed by atoms with E-state index in [1.807, 2.05) is 18.5 Å². The van der Waals surface area contributed by atoms with E-state index in [0.29, 0.717) is 12.1 Å². The van der Waals surface area contributed by atoms with E-state index in [4.69, 9.17) is 4.98 Å². The molecule has 0 saturated carbocycles. The summed E-state index contributed by atoms with van der Waals surface area (Å²) in [6.07, 6.45) is 6.69. The topological polar surface area (TPSA) is 73.8 Å². The van der Waals surface area contributed by atoms with Crippen LogP contribution in [0.5, 0.6) is 0 Å². The van der Waals surface area contributed by atoms with Crippen molar-refractivity contribution >= 4 is 16.9 Å². The molecule has 3 aliphatic heterocycles. The number of pyridine rings is 2. The number of nitrogens with zero attached hydrogens (tertiary/aromatic N) is 6. The van der Waals surface area contributed by atoms with Gasteiger partial charge in [-0.1, -0.05) is 6.07 Å². The van der Waals surface area contributed by atoms with Crippen LogP contribution < -0.4 is 4.90 Å². The maximum atomic E-state index is 4.77. The Bertz CT molecular complexity index is 1190. The lowest BCUT2D eigenvalue weighted by molar-refractivity contribution is -0.00970. The number of hydrogen-bond acceptors (Lipinski definition) is 6. The van der Waals surface area contributed by atoms with Gasteiger partial charge in [-0.25, -0.2) is 15.0 Å². The van der Waals surface area contributed by atoms with Gasteiger partial charge in [-0.05, 0) is 43.7 Å². The molecule has 2 atom stereocenters. The predicted molar refractivity (Wildman–Crippen MR) is 116 cm³/mol. The van der Waals surface area contributed by atoms with Gasteiger partial charge in [0.05, 0.1) is 11.4 Å². The summed E-state index contributed by atoms with van der Waals surface area (Å²) in [5.74, 6) is 1.04. The molecule has 0 amide bonds. The van der Waals surface area contributed by atoms with E-state index in [1.165, 1.54) is 12.1 Å². The van der Waals surface area contributed by atoms with Gasteiger partial charge in [0, 0.05) is 60.8 Å². The molecule has 30 heavy (non-hydrogen) atoms. The number of nitrogens with one attached hydrogen (secondary N) is 1. The second-order valence-electron chi connectivity index (χ2n) is 8.26. The van der Waals surface area contributed by atoms with E-state index < -0.39 is 0 Å². The average Bonchev–Trinajstić information content (AvgIpc) is 3.27. The minimum atomic E-state index is 0.578. The summed E-state index contributed by atoms with van der Waals surface area (Å²) in [4.78, 5) is 26.3. The lowest BCUT2D eigenvalue weighted by Gasteiger charge is -2.56. The highest BCUT2D eigenvalue weighted by molar-refractivity contribution is 5.90. The van der Waals surface area contributed by atoms with Crippen LogP contribution in [0, 0.1) is 6.92 Å². The van der Waals surface area contributed by atoms with Crippen LogP contribution in [0.4, 0.5) is 5.82 Å². The summed E-state index contributed by atoms with van der Waals surface area (Å²) in [7, 11) is 0. The molecule has 0 aliphatic carbocycles. The molecular weight excluding hydrogens is 374 g/mol. The Morgan fingerprint density at radius 2 is 1.93 bits per heavy atom. The second-order valence-corrected chi connectivity index (χ2v) is 8.26. The molecule has 0 spiro atoms. The first-order valence-electron chi connectivity index (χ1n) is 10.4. The zero-order valence-electron chi connectivity index (χ0n) is 16.9. The van der Waals surface area contributed by atoms with Crippen molar-refractivity contribution in [2.75, 3.05) is 18.0 Å². The first-order chi connectivity index (χ1) is 14.7. The van der Waals surface area contributed by atoms with Crippen molar-refractivity contribution in [3.8, 4) is 11.3 Å². The minimum absolute atomic E-state index is 0.578. The Hall–Kier alpha value is -3.32. The Morgan fingerprint density at radius 1 is 1.03 bits per heavy atom. The normalized spacial score (nSPS) is 21.0. The number of piperidine rings is 1. The van der Waals surface area contributed by atoms with Crippen LogP contribution in [0.2, 0.25) is 0 Å². The average molecular weight is 397 g/mol. The fourth-order valence-electron chi connectivity index (χ4n) is 4.82. The zero-order valence-corrected chi connectivity index (χ0v) is 16.9. The minimum Gasteiger partial charge on any atom is -0.353 e. The van der Waals surface area contributed by atoms with Gasteiger partial charge in [0.2, 0.25) is 0 Å². The summed E-state index contributed by atoms with van der Waals surface area (Å²) >= 11 is 0. The Labute approximate surface area is 174 Å². The molecule has 0 aromatic carbocycles. The van der Waals surface area contributed by atoms with E-state index in [-0.39, 0.29) is 0 Å². The van der Waals surface area contributed by atoms with Crippen LogP contribution in [0.1, 0.15) is 17.8 Å². The molecular formula is C23H23N7. The number of rotatable bonds is 4. The molecule has 7 heteroatoms. The second kappa shape index (κ2) is 6.88. The molecule has 0 radical (unpaired) electrons. The summed E-state index contributed by atoms with van der Waals surface area (Å²) in [6.45, 7) is 5.03. The van der Waals surface area contributed by atoms with Gasteiger partial charge in [0.1, 0.15) is 17.8 Å². The fourth-order valence-corrected chi connectivity index (χ4v) is 4.82. The molecule has 3 fully saturated rings. The zero-order chi connectivity index (χ0) is 20.1. The largest absolute Gasteiger partial charge is 0.353 e. The third-order valence-electron chi connectivity index (χ3n) is 6.33. The Morgan fingerprint density at radius 3 is 2.73 bits per heavy atom. The number of aromatic nitrogens is 5. The van der Waals surface area contributed by atoms with Gasteiger partial charge in [-0.15, -0.1) is 0 Å². The van der Waals surface area contributed by atoms with E-state index in [0.717, 1.165) is 53.4 Å². The van der Waals surface area contributed by atoms with Gasteiger partial charge in [-0.2, -0.15) is 0 Å². The molecule has 4 aromatic heterocycles. The molecule has 4 aromatic rings. The third kappa shape index (κ3) is 2.93. The molecule has 3 saturated heterocycles. The highest BCUT2D eigenvalue weighted by Crippen LogP contribution is 2.35. The molecule has 1 N–H and O–H groups in total. The van der Waals surface area contributed by atoms with Crippen molar-refractivity contribution in [2.45, 2.75) is 32.0 Å². The lowest BCUT2D eigenvalue weighted by atomic mass is 9.87. The van der Waals surface area contributed by atoms with E-state index in [1.54, 1.807) is 6.33 Å². The summed E-state index contributed by atoms with van der Waals surface area (Å²) < 4.78 is 0. The molecule has 2 unspecified atom stereocenters. The van der Waals surface area contributed by atoms with Crippen LogP contribution in [-0.4, -0.2) is 55.0 Å². The fraction of sp³-hybridized carbons (Fsp3) is 0.304. The van der Waals surface area contributed by atoms with E-state index in [2.05, 4.69) is 67.0 Å². The molecule has 3 aliphatic rings. The van der Waals surface area contributed by atoms with Crippen LogP contribution in [-0.2, 0) is 6.54 Å². The van der Waals surface area contributed by atoms with Crippen molar-refractivity contribution in [1.29, 1.82) is 0 Å². The first-order valence-corrected chi connectivity index (χ1v) is 10.4. The number of hydrogen-bond donors (Lipinski definition) is 1. The highest BCUT2D eigenvalue weighted by Gasteiger charge is 2.44. The number of aromatic amines is 1. The van der Waals surface area contributed by atoms with E-state index in [9.17, 15) is 0 Å². The van der Waals surface area contributed by atoms with Crippen molar-refractivity contribution in [3.05, 3.63) is 66.5 Å². The van der Waals surface area contributed by atoms with Crippen LogP contribution >= 0.6 is 0 Å². The maximum Gasteiger partial charge on any atom is 0.141 e. The van der Waals surface area contributed by atoms with Crippen molar-refractivity contribution in [2.24, 2.45) is 0 Å². The monoisotopic (exact) mass is 397 g/mol. The third-order valence-corrected chi connectivity index (χ3v) is 6.33. The van der Waals surface area contributed by atoms with Crippen LogP contribution in [0.15, 0.2) is 55.1 Å². The van der Waals surface area contributed by atoms with Gasteiger partial charge < -0.3 is 9.88 Å². The van der Waals surface area contributed by atoms with Crippen molar-refractivity contribution in [3.63, 3.8) is 0 Å². The standard InChI is InChI=1S/C23H23N7/c1-15-3-2-4-17(28-15)11-30-18-9-19(30)13-29(12-18)21-6-5-16(10-25-21)22-20-7-8-24-23(20)27-14-26-22/h2-8,10,14,18-19H,9,11-13H2,1H3,(H,24,26,27). The molecule has 150 valence electrons. The quantitative estimate of drug-likeness (QED) is 0.570. The molecule has 7 heterocycles. The van der Waals surface area contributed by atoms with Crippen molar-refractivity contribution in [1.82, 2.24) is 29.8 Å². The van der Waals surface area contributed by atoms with Gasteiger partial charge in [-0.3, -0.25) is 9.88 Å². The van der Waals surface area contributed by atoms with Gasteiger partial charge in [0.15, 0.2) is 0 Å². The number of H-pyrrole nitrogens is 1. The molecule has 2 bridgehead atoms. The van der Waals surface area contributed by atoms with Gasteiger partial charge in [0.25, 0.3) is 0 Å². The predicted octanol–water partition coefficient (Wildman–Crippen LogP) is 3.19. The Kier molecular flexibility index (Phi) is 4.02. The smallest absolute Gasteiger partial charge is 0.141 e. The Balaban J connectivity index is 1.17. The molecule has 7 nitrogen and oxygen atoms in total. The van der Waals surface area contributed by atoms with Crippen molar-refractivity contribution < 1.29 is 0 Å². The lowest BCUT2D eigenvalue weighted by Crippen LogP contribution is -2.68. The maximum absolute atomic E-state index is 4.77. The first kappa shape index (κ1) is 17.5. The number of anilines is 1. The van der Waals surface area contributed by atoms with E-state index >= 15 is 0 Å². The van der Waals surface area contributed by atoms with Crippen LogP contribution in [0.25, 0.3) is 22.3 Å². The number of fused-ring (bicyclic) bond motifs is 3. The number of piperazine rings is 1. The SMILES string of the molecule is Cc1cccc(CN2C3CC2CN(c2ccc(-c4ncnc5[nH]ccc45)cn2)C3)n1. The summed E-state index contributed by atoms with van der Waals surface area (Å²) in [6, 6.07) is 13.7.